The van der Waals surface area contributed by atoms with Gasteiger partial charge in [-0.25, -0.2) is 0 Å². The summed E-state index contributed by atoms with van der Waals surface area (Å²) in [5.41, 5.74) is 7.40. The number of aliphatic hydroxyl groups is 1. The summed E-state index contributed by atoms with van der Waals surface area (Å²) in [5.74, 6) is 0.336. The predicted octanol–water partition coefficient (Wildman–Crippen LogP) is 3.78. The molecule has 2 atom stereocenters. The Morgan fingerprint density at radius 3 is 2.29 bits per heavy atom. The van der Waals surface area contributed by atoms with E-state index in [2.05, 4.69) is 0 Å². The van der Waals surface area contributed by atoms with Crippen molar-refractivity contribution in [1.29, 1.82) is 0 Å². The number of nitrogens with two attached hydrogens (primary N) is 1. The van der Waals surface area contributed by atoms with Crippen LogP contribution < -0.4 is 10.5 Å². The Balaban J connectivity index is 2.39. The number of hydrogen-bond donors (Lipinski definition) is 2. The van der Waals surface area contributed by atoms with E-state index in [-0.39, 0.29) is 12.5 Å². The fraction of sp³-hybridized carbons (Fsp3) is 0.250. The Kier molecular flexibility index (Phi) is 5.48. The molecule has 0 radical (unpaired) electrons. The second-order valence-electron chi connectivity index (χ2n) is 4.72. The minimum absolute atomic E-state index is 0.264. The lowest BCUT2D eigenvalue weighted by molar-refractivity contribution is 0.146. The lowest BCUT2D eigenvalue weighted by Crippen LogP contribution is -2.20. The second kappa shape index (κ2) is 7.14. The van der Waals surface area contributed by atoms with Crippen LogP contribution in [0.5, 0.6) is 5.75 Å². The Morgan fingerprint density at radius 1 is 1.10 bits per heavy atom. The van der Waals surface area contributed by atoms with Gasteiger partial charge in [0.2, 0.25) is 0 Å². The number of ether oxygens (including phenoxy) is 1. The molecule has 3 nitrogen and oxygen atoms in total. The maximum Gasteiger partial charge on any atom is 0.122 e. The number of hydrogen-bond acceptors (Lipinski definition) is 3. The van der Waals surface area contributed by atoms with Crippen LogP contribution >= 0.6 is 23.2 Å². The van der Waals surface area contributed by atoms with E-state index in [4.69, 9.17) is 33.7 Å². The lowest BCUT2D eigenvalue weighted by atomic mass is 9.88. The van der Waals surface area contributed by atoms with Gasteiger partial charge in [0.25, 0.3) is 0 Å². The van der Waals surface area contributed by atoms with Gasteiger partial charge in [0.15, 0.2) is 0 Å². The highest BCUT2D eigenvalue weighted by molar-refractivity contribution is 6.30. The van der Waals surface area contributed by atoms with Crippen LogP contribution in [0.25, 0.3) is 0 Å². The van der Waals surface area contributed by atoms with E-state index >= 15 is 0 Å². The van der Waals surface area contributed by atoms with E-state index in [0.717, 1.165) is 11.1 Å². The molecule has 2 rings (SSSR count). The summed E-state index contributed by atoms with van der Waals surface area (Å²) < 4.78 is 5.34. The quantitative estimate of drug-likeness (QED) is 0.879. The Morgan fingerprint density at radius 2 is 1.71 bits per heavy atom. The first kappa shape index (κ1) is 16.1. The molecule has 0 bridgehead atoms. The molecule has 0 aliphatic carbocycles. The molecule has 0 amide bonds. The summed E-state index contributed by atoms with van der Waals surface area (Å²) in [5, 5.41) is 11.8. The van der Waals surface area contributed by atoms with Crippen LogP contribution in [0.2, 0.25) is 10.0 Å². The van der Waals surface area contributed by atoms with Gasteiger partial charge in [0.1, 0.15) is 5.75 Å². The summed E-state index contributed by atoms with van der Waals surface area (Å²) >= 11 is 11.9. The van der Waals surface area contributed by atoms with Crippen molar-refractivity contribution in [2.45, 2.75) is 12.0 Å². The lowest BCUT2D eigenvalue weighted by Gasteiger charge is -2.24. The van der Waals surface area contributed by atoms with Crippen LogP contribution in [0.15, 0.2) is 42.5 Å². The van der Waals surface area contributed by atoms with E-state index in [1.165, 1.54) is 0 Å². The molecule has 0 aliphatic heterocycles. The highest BCUT2D eigenvalue weighted by Crippen LogP contribution is 2.37. The van der Waals surface area contributed by atoms with Gasteiger partial charge in [-0.1, -0.05) is 35.3 Å². The first-order chi connectivity index (χ1) is 10.1. The van der Waals surface area contributed by atoms with Gasteiger partial charge in [-0.3, -0.25) is 0 Å². The largest absolute Gasteiger partial charge is 0.496 e. The van der Waals surface area contributed by atoms with E-state index in [1.807, 2.05) is 0 Å². The van der Waals surface area contributed by atoms with Crippen LogP contribution in [0.4, 0.5) is 0 Å². The van der Waals surface area contributed by atoms with Gasteiger partial charge in [-0.05, 0) is 35.9 Å². The maximum absolute atomic E-state index is 10.6. The third-order valence-electron chi connectivity index (χ3n) is 3.44. The first-order valence-electron chi connectivity index (χ1n) is 6.54. The summed E-state index contributed by atoms with van der Waals surface area (Å²) in [7, 11) is 1.58. The van der Waals surface area contributed by atoms with E-state index in [9.17, 15) is 5.11 Å². The summed E-state index contributed by atoms with van der Waals surface area (Å²) in [6, 6.07) is 12.3. The van der Waals surface area contributed by atoms with Gasteiger partial charge < -0.3 is 15.6 Å². The highest BCUT2D eigenvalue weighted by Gasteiger charge is 2.24. The maximum atomic E-state index is 10.6. The predicted molar refractivity (Wildman–Crippen MR) is 86.2 cm³/mol. The molecule has 2 aromatic rings. The minimum atomic E-state index is -0.764. The Hall–Kier alpha value is -1.26. The number of benzene rings is 2. The molecule has 3 N–H and O–H groups in total. The zero-order valence-corrected chi connectivity index (χ0v) is 13.1. The zero-order chi connectivity index (χ0) is 15.4. The molecule has 0 saturated heterocycles. The van der Waals surface area contributed by atoms with Crippen molar-refractivity contribution < 1.29 is 9.84 Å². The minimum Gasteiger partial charge on any atom is -0.496 e. The van der Waals surface area contributed by atoms with Crippen LogP contribution in [-0.4, -0.2) is 18.8 Å². The van der Waals surface area contributed by atoms with Gasteiger partial charge in [0.05, 0.1) is 13.2 Å². The van der Waals surface area contributed by atoms with Gasteiger partial charge in [-0.15, -0.1) is 0 Å². The molecule has 21 heavy (non-hydrogen) atoms. The smallest absolute Gasteiger partial charge is 0.122 e. The Labute approximate surface area is 134 Å². The molecular weight excluding hydrogens is 309 g/mol. The molecule has 2 unspecified atom stereocenters. The van der Waals surface area contributed by atoms with E-state index in [0.29, 0.717) is 15.8 Å². The average Bonchev–Trinajstić information content (AvgIpc) is 2.49. The first-order valence-corrected chi connectivity index (χ1v) is 7.29. The molecule has 0 aliphatic rings. The Bertz CT molecular complexity index is 602. The normalized spacial score (nSPS) is 13.8. The molecule has 0 heterocycles. The van der Waals surface area contributed by atoms with Gasteiger partial charge in [-0.2, -0.15) is 0 Å². The highest BCUT2D eigenvalue weighted by atomic mass is 35.5. The molecule has 0 fully saturated rings. The molecule has 0 saturated carbocycles. The SMILES string of the molecule is COc1ccc(Cl)cc1C(CN)C(O)c1ccc(Cl)cc1. The molecule has 5 heteroatoms. The van der Waals surface area contributed by atoms with Crippen molar-refractivity contribution in [3.63, 3.8) is 0 Å². The summed E-state index contributed by atoms with van der Waals surface area (Å²) in [6.45, 7) is 0.264. The molecule has 0 aromatic heterocycles. The molecule has 2 aromatic carbocycles. The van der Waals surface area contributed by atoms with Crippen molar-refractivity contribution in [2.24, 2.45) is 5.73 Å². The van der Waals surface area contributed by atoms with Crippen molar-refractivity contribution >= 4 is 23.2 Å². The zero-order valence-electron chi connectivity index (χ0n) is 11.6. The van der Waals surface area contributed by atoms with Crippen molar-refractivity contribution in [2.75, 3.05) is 13.7 Å². The number of methoxy groups -OCH3 is 1. The van der Waals surface area contributed by atoms with Crippen molar-refractivity contribution in [3.8, 4) is 5.75 Å². The summed E-state index contributed by atoms with van der Waals surface area (Å²) in [6.07, 6.45) is -0.764. The number of halogens is 2. The van der Waals surface area contributed by atoms with Crippen LogP contribution in [0, 0.1) is 0 Å². The van der Waals surface area contributed by atoms with Crippen LogP contribution in [0.1, 0.15) is 23.1 Å². The van der Waals surface area contributed by atoms with Crippen LogP contribution in [0.3, 0.4) is 0 Å². The standard InChI is InChI=1S/C16H17Cl2NO2/c1-21-15-7-6-12(18)8-13(15)14(9-19)16(20)10-2-4-11(17)5-3-10/h2-8,14,16,20H,9,19H2,1H3. The fourth-order valence-corrected chi connectivity index (χ4v) is 2.62. The van der Waals surface area contributed by atoms with E-state index in [1.54, 1.807) is 49.6 Å². The fourth-order valence-electron chi connectivity index (χ4n) is 2.31. The third-order valence-corrected chi connectivity index (χ3v) is 3.92. The second-order valence-corrected chi connectivity index (χ2v) is 5.60. The third kappa shape index (κ3) is 3.69. The number of rotatable bonds is 5. The van der Waals surface area contributed by atoms with Crippen LogP contribution in [-0.2, 0) is 0 Å². The average molecular weight is 326 g/mol. The molecule has 0 spiro atoms. The van der Waals surface area contributed by atoms with Crippen molar-refractivity contribution in [3.05, 3.63) is 63.6 Å². The monoisotopic (exact) mass is 325 g/mol. The summed E-state index contributed by atoms with van der Waals surface area (Å²) in [4.78, 5) is 0. The molecular formula is C16H17Cl2NO2. The number of aliphatic hydroxyl groups excluding tert-OH is 1. The topological polar surface area (TPSA) is 55.5 Å². The van der Waals surface area contributed by atoms with Gasteiger partial charge >= 0.3 is 0 Å². The van der Waals surface area contributed by atoms with Crippen molar-refractivity contribution in [1.82, 2.24) is 0 Å². The molecule has 112 valence electrons. The van der Waals surface area contributed by atoms with E-state index < -0.39 is 6.10 Å². The van der Waals surface area contributed by atoms with Gasteiger partial charge in [0, 0.05) is 28.1 Å².